The Morgan fingerprint density at radius 3 is 2.78 bits per heavy atom. The SMILES string of the molecule is C#CCn1c(C)nc(-c2ccc(C)cc2Br)c1N. The molecule has 0 bridgehead atoms. The van der Waals surface area contributed by atoms with Crippen molar-refractivity contribution in [3.8, 4) is 23.6 Å². The molecule has 0 aliphatic rings. The zero-order chi connectivity index (χ0) is 13.3. The normalized spacial score (nSPS) is 10.3. The summed E-state index contributed by atoms with van der Waals surface area (Å²) in [5.74, 6) is 4.02. The van der Waals surface area contributed by atoms with Crippen molar-refractivity contribution in [1.29, 1.82) is 0 Å². The molecule has 0 unspecified atom stereocenters. The number of rotatable bonds is 2. The van der Waals surface area contributed by atoms with Gasteiger partial charge in [0.15, 0.2) is 0 Å². The van der Waals surface area contributed by atoms with Gasteiger partial charge in [-0.05, 0) is 25.5 Å². The molecular formula is C14H14BrN3. The third kappa shape index (κ3) is 2.14. The van der Waals surface area contributed by atoms with Crippen LogP contribution in [0.2, 0.25) is 0 Å². The van der Waals surface area contributed by atoms with Crippen molar-refractivity contribution in [1.82, 2.24) is 9.55 Å². The van der Waals surface area contributed by atoms with E-state index in [1.54, 1.807) is 0 Å². The number of hydrogen-bond donors (Lipinski definition) is 1. The largest absolute Gasteiger partial charge is 0.383 e. The van der Waals surface area contributed by atoms with Gasteiger partial charge in [0, 0.05) is 10.0 Å². The van der Waals surface area contributed by atoms with E-state index in [4.69, 9.17) is 12.2 Å². The van der Waals surface area contributed by atoms with Crippen LogP contribution in [-0.4, -0.2) is 9.55 Å². The maximum atomic E-state index is 6.11. The number of terminal acetylenes is 1. The van der Waals surface area contributed by atoms with E-state index in [2.05, 4.69) is 26.8 Å². The van der Waals surface area contributed by atoms with E-state index in [-0.39, 0.29) is 0 Å². The number of aryl methyl sites for hydroxylation is 2. The summed E-state index contributed by atoms with van der Waals surface area (Å²) >= 11 is 3.55. The summed E-state index contributed by atoms with van der Waals surface area (Å²) in [7, 11) is 0. The molecule has 18 heavy (non-hydrogen) atoms. The molecule has 2 N–H and O–H groups in total. The average molecular weight is 304 g/mol. The summed E-state index contributed by atoms with van der Waals surface area (Å²) in [6.45, 7) is 4.38. The van der Waals surface area contributed by atoms with Crippen LogP contribution in [0.1, 0.15) is 11.4 Å². The fourth-order valence-electron chi connectivity index (χ4n) is 1.88. The molecule has 2 aromatic rings. The molecule has 0 radical (unpaired) electrons. The van der Waals surface area contributed by atoms with Crippen LogP contribution in [0.25, 0.3) is 11.3 Å². The molecule has 3 nitrogen and oxygen atoms in total. The first-order chi connectivity index (χ1) is 8.54. The Balaban J connectivity index is 2.58. The van der Waals surface area contributed by atoms with Crippen LogP contribution in [0.15, 0.2) is 22.7 Å². The number of nitrogens with two attached hydrogens (primary N) is 1. The zero-order valence-corrected chi connectivity index (χ0v) is 12.0. The van der Waals surface area contributed by atoms with E-state index in [9.17, 15) is 0 Å². The van der Waals surface area contributed by atoms with Crippen molar-refractivity contribution in [2.75, 3.05) is 5.73 Å². The number of anilines is 1. The highest BCUT2D eigenvalue weighted by molar-refractivity contribution is 9.10. The van der Waals surface area contributed by atoms with E-state index in [0.717, 1.165) is 21.6 Å². The summed E-state index contributed by atoms with van der Waals surface area (Å²) in [4.78, 5) is 4.50. The highest BCUT2D eigenvalue weighted by Crippen LogP contribution is 2.32. The summed E-state index contributed by atoms with van der Waals surface area (Å²) in [5, 5.41) is 0. The van der Waals surface area contributed by atoms with Crippen molar-refractivity contribution >= 4 is 21.7 Å². The molecule has 0 aliphatic carbocycles. The second-order valence-electron chi connectivity index (χ2n) is 4.17. The molecule has 0 spiro atoms. The number of halogens is 1. The maximum absolute atomic E-state index is 6.11. The standard InChI is InChI=1S/C14H14BrN3/c1-4-7-18-10(3)17-13(14(18)16)11-6-5-9(2)8-12(11)15/h1,5-6,8H,7,16H2,2-3H3. The summed E-state index contributed by atoms with van der Waals surface area (Å²) in [5.41, 5.74) is 9.05. The van der Waals surface area contributed by atoms with E-state index >= 15 is 0 Å². The first-order valence-corrected chi connectivity index (χ1v) is 6.36. The van der Waals surface area contributed by atoms with Gasteiger partial charge in [-0.15, -0.1) is 6.42 Å². The molecule has 1 aromatic heterocycles. The molecule has 2 rings (SSSR count). The fraction of sp³-hybridized carbons (Fsp3) is 0.214. The van der Waals surface area contributed by atoms with Crippen LogP contribution in [-0.2, 0) is 6.54 Å². The van der Waals surface area contributed by atoms with Crippen molar-refractivity contribution < 1.29 is 0 Å². The minimum atomic E-state index is 0.439. The van der Waals surface area contributed by atoms with E-state index in [1.807, 2.05) is 36.6 Å². The Morgan fingerprint density at radius 1 is 1.44 bits per heavy atom. The number of nitrogens with zero attached hydrogens (tertiary/aromatic N) is 2. The monoisotopic (exact) mass is 303 g/mol. The summed E-state index contributed by atoms with van der Waals surface area (Å²) in [6.07, 6.45) is 5.33. The summed E-state index contributed by atoms with van der Waals surface area (Å²) < 4.78 is 2.82. The topological polar surface area (TPSA) is 43.8 Å². The van der Waals surface area contributed by atoms with Crippen molar-refractivity contribution in [3.05, 3.63) is 34.1 Å². The smallest absolute Gasteiger partial charge is 0.132 e. The highest BCUT2D eigenvalue weighted by Gasteiger charge is 2.15. The van der Waals surface area contributed by atoms with Gasteiger partial charge in [0.25, 0.3) is 0 Å². The molecular weight excluding hydrogens is 290 g/mol. The molecule has 0 amide bonds. The predicted molar refractivity (Wildman–Crippen MR) is 78.1 cm³/mol. The van der Waals surface area contributed by atoms with Gasteiger partial charge in [-0.3, -0.25) is 0 Å². The molecule has 0 aliphatic heterocycles. The first-order valence-electron chi connectivity index (χ1n) is 5.57. The van der Waals surface area contributed by atoms with E-state index < -0.39 is 0 Å². The van der Waals surface area contributed by atoms with Crippen molar-refractivity contribution in [3.63, 3.8) is 0 Å². The first kappa shape index (κ1) is 12.7. The van der Waals surface area contributed by atoms with Crippen LogP contribution in [0, 0.1) is 26.2 Å². The number of aromatic nitrogens is 2. The number of imidazole rings is 1. The van der Waals surface area contributed by atoms with E-state index in [1.165, 1.54) is 5.56 Å². The van der Waals surface area contributed by atoms with Crippen molar-refractivity contribution in [2.45, 2.75) is 20.4 Å². The van der Waals surface area contributed by atoms with Crippen LogP contribution < -0.4 is 5.73 Å². The van der Waals surface area contributed by atoms with E-state index in [0.29, 0.717) is 12.4 Å². The highest BCUT2D eigenvalue weighted by atomic mass is 79.9. The minimum absolute atomic E-state index is 0.439. The lowest BCUT2D eigenvalue weighted by atomic mass is 10.1. The Bertz CT molecular complexity index is 635. The van der Waals surface area contributed by atoms with Gasteiger partial charge < -0.3 is 10.3 Å². The van der Waals surface area contributed by atoms with Crippen molar-refractivity contribution in [2.24, 2.45) is 0 Å². The van der Waals surface area contributed by atoms with Gasteiger partial charge in [-0.25, -0.2) is 4.98 Å². The lowest BCUT2D eigenvalue weighted by Gasteiger charge is -2.05. The molecule has 92 valence electrons. The van der Waals surface area contributed by atoms with Gasteiger partial charge in [0.2, 0.25) is 0 Å². The average Bonchev–Trinajstić information content (AvgIpc) is 2.58. The number of benzene rings is 1. The van der Waals surface area contributed by atoms with Gasteiger partial charge in [0.1, 0.15) is 17.3 Å². The Kier molecular flexibility index (Phi) is 3.44. The predicted octanol–water partition coefficient (Wildman–Crippen LogP) is 3.14. The lowest BCUT2D eigenvalue weighted by molar-refractivity contribution is 0.807. The number of nitrogen functional groups attached to an aromatic ring is 1. The van der Waals surface area contributed by atoms with Gasteiger partial charge in [-0.2, -0.15) is 0 Å². The third-order valence-corrected chi connectivity index (χ3v) is 3.48. The number of hydrogen-bond acceptors (Lipinski definition) is 2. The van der Waals surface area contributed by atoms with Crippen LogP contribution >= 0.6 is 15.9 Å². The molecule has 1 aromatic carbocycles. The second kappa shape index (κ2) is 4.87. The maximum Gasteiger partial charge on any atom is 0.132 e. The Morgan fingerprint density at radius 2 is 2.17 bits per heavy atom. The summed E-state index contributed by atoms with van der Waals surface area (Å²) in [6, 6.07) is 6.09. The van der Waals surface area contributed by atoms with Crippen LogP contribution in [0.3, 0.4) is 0 Å². The second-order valence-corrected chi connectivity index (χ2v) is 5.02. The quantitative estimate of drug-likeness (QED) is 0.866. The Labute approximate surface area is 115 Å². The molecule has 0 saturated heterocycles. The molecule has 1 heterocycles. The minimum Gasteiger partial charge on any atom is -0.383 e. The molecule has 0 atom stereocenters. The lowest BCUT2D eigenvalue weighted by Crippen LogP contribution is -2.03. The third-order valence-electron chi connectivity index (χ3n) is 2.83. The fourth-order valence-corrected chi connectivity index (χ4v) is 2.56. The zero-order valence-electron chi connectivity index (χ0n) is 10.4. The van der Waals surface area contributed by atoms with Crippen LogP contribution in [0.4, 0.5) is 5.82 Å². The molecule has 0 fully saturated rings. The van der Waals surface area contributed by atoms with Gasteiger partial charge in [-0.1, -0.05) is 34.0 Å². The molecule has 0 saturated carbocycles. The van der Waals surface area contributed by atoms with Crippen LogP contribution in [0.5, 0.6) is 0 Å². The Hall–Kier alpha value is -1.73. The van der Waals surface area contributed by atoms with Gasteiger partial charge >= 0.3 is 0 Å². The van der Waals surface area contributed by atoms with Gasteiger partial charge in [0.05, 0.1) is 6.54 Å². The molecule has 4 heteroatoms.